The molecule has 1 N–H and O–H groups in total. The molecule has 6 nitrogen and oxygen atoms in total. The van der Waals surface area contributed by atoms with Gasteiger partial charge in [-0.2, -0.15) is 0 Å². The van der Waals surface area contributed by atoms with Gasteiger partial charge >= 0.3 is 7.12 Å². The number of aryl methyl sites for hydroxylation is 1. The number of fused-ring (bicyclic) bond motifs is 1. The summed E-state index contributed by atoms with van der Waals surface area (Å²) in [4.78, 5) is 30.9. The fourth-order valence-electron chi connectivity index (χ4n) is 2.93. The molecule has 148 valence electrons. The van der Waals surface area contributed by atoms with Crippen molar-refractivity contribution >= 4 is 41.0 Å². The van der Waals surface area contributed by atoms with Crippen molar-refractivity contribution in [2.45, 2.75) is 52.7 Å². The molecule has 2 aromatic rings. The van der Waals surface area contributed by atoms with Crippen LogP contribution in [0.5, 0.6) is 0 Å². The average molecular weight is 400 g/mol. The highest BCUT2D eigenvalue weighted by Crippen LogP contribution is 2.39. The fraction of sp³-hybridized carbons (Fsp3) is 0.450. The standard InChI is InChI=1S/C20H25BN2O4S/c1-12-22-17-8-7-14(10-16(17)18(25)23-12)9-15(11-28-13(2)24)21-26-19(3,4)20(5,6)27-21/h7-10H,11H2,1-6H3,(H,22,23,25). The van der Waals surface area contributed by atoms with Crippen LogP contribution in [0, 0.1) is 6.92 Å². The summed E-state index contributed by atoms with van der Waals surface area (Å²) < 4.78 is 12.3. The van der Waals surface area contributed by atoms with Crippen molar-refractivity contribution in [2.75, 3.05) is 5.75 Å². The highest BCUT2D eigenvalue weighted by molar-refractivity contribution is 8.13. The Hall–Kier alpha value is -1.90. The third kappa shape index (κ3) is 4.24. The first-order valence-corrected chi connectivity index (χ1v) is 10.2. The van der Waals surface area contributed by atoms with Crippen LogP contribution in [0.1, 0.15) is 46.0 Å². The number of rotatable bonds is 4. The second kappa shape index (κ2) is 7.50. The molecular weight excluding hydrogens is 375 g/mol. The Labute approximate surface area is 169 Å². The average Bonchev–Trinajstić information content (AvgIpc) is 2.79. The molecule has 8 heteroatoms. The smallest absolute Gasteiger partial charge is 0.400 e. The summed E-state index contributed by atoms with van der Waals surface area (Å²) in [7, 11) is -0.554. The lowest BCUT2D eigenvalue weighted by molar-refractivity contribution is -0.109. The van der Waals surface area contributed by atoms with Gasteiger partial charge in [0.1, 0.15) is 5.82 Å². The summed E-state index contributed by atoms with van der Waals surface area (Å²) >= 11 is 1.21. The molecule has 3 rings (SSSR count). The number of aromatic amines is 1. The normalized spacial score (nSPS) is 18.6. The van der Waals surface area contributed by atoms with Crippen LogP contribution in [-0.4, -0.2) is 39.2 Å². The Morgan fingerprint density at radius 3 is 2.50 bits per heavy atom. The molecule has 0 saturated carbocycles. The van der Waals surface area contributed by atoms with E-state index >= 15 is 0 Å². The molecule has 1 aliphatic rings. The molecule has 1 aliphatic heterocycles. The fourth-order valence-corrected chi connectivity index (χ4v) is 3.52. The number of hydrogen-bond donors (Lipinski definition) is 1. The van der Waals surface area contributed by atoms with Crippen LogP contribution >= 0.6 is 11.8 Å². The van der Waals surface area contributed by atoms with Crippen LogP contribution in [0.15, 0.2) is 28.5 Å². The maximum absolute atomic E-state index is 12.3. The number of benzene rings is 1. The minimum absolute atomic E-state index is 0.0250. The number of nitrogens with one attached hydrogen (secondary N) is 1. The van der Waals surface area contributed by atoms with E-state index in [-0.39, 0.29) is 10.7 Å². The Morgan fingerprint density at radius 1 is 1.25 bits per heavy atom. The van der Waals surface area contributed by atoms with Crippen molar-refractivity contribution in [3.8, 4) is 0 Å². The number of hydrogen-bond acceptors (Lipinski definition) is 6. The maximum atomic E-state index is 12.3. The van der Waals surface area contributed by atoms with E-state index in [1.807, 2.05) is 45.9 Å². The summed E-state index contributed by atoms with van der Waals surface area (Å²) in [6.07, 6.45) is 1.93. The van der Waals surface area contributed by atoms with E-state index in [0.717, 1.165) is 11.0 Å². The van der Waals surface area contributed by atoms with Gasteiger partial charge in [-0.3, -0.25) is 9.59 Å². The Bertz CT molecular complexity index is 997. The number of carbonyl (C=O) groups is 1. The summed E-state index contributed by atoms with van der Waals surface area (Å²) in [5.41, 5.74) is 1.20. The van der Waals surface area contributed by atoms with Gasteiger partial charge in [0.2, 0.25) is 0 Å². The van der Waals surface area contributed by atoms with Crippen LogP contribution in [0.25, 0.3) is 17.0 Å². The summed E-state index contributed by atoms with van der Waals surface area (Å²) in [5, 5.41) is 0.545. The second-order valence-electron chi connectivity index (χ2n) is 8.02. The largest absolute Gasteiger partial charge is 0.491 e. The highest BCUT2D eigenvalue weighted by Gasteiger charge is 2.52. The van der Waals surface area contributed by atoms with Gasteiger partial charge < -0.3 is 14.3 Å². The molecule has 0 unspecified atom stereocenters. The molecule has 1 saturated heterocycles. The maximum Gasteiger partial charge on any atom is 0.491 e. The first kappa shape index (κ1) is 20.8. The van der Waals surface area contributed by atoms with E-state index in [9.17, 15) is 9.59 Å². The summed E-state index contributed by atoms with van der Waals surface area (Å²) in [6, 6.07) is 5.52. The lowest BCUT2D eigenvalue weighted by Crippen LogP contribution is -2.41. The van der Waals surface area contributed by atoms with Crippen LogP contribution in [0.2, 0.25) is 0 Å². The molecular formula is C20H25BN2O4S. The summed E-state index contributed by atoms with van der Waals surface area (Å²) in [6.45, 7) is 11.3. The third-order valence-corrected chi connectivity index (χ3v) is 6.08. The molecule has 1 aromatic heterocycles. The zero-order valence-electron chi connectivity index (χ0n) is 17.1. The molecule has 2 heterocycles. The van der Waals surface area contributed by atoms with Crippen molar-refractivity contribution in [3.63, 3.8) is 0 Å². The molecule has 0 spiro atoms. The minimum atomic E-state index is -0.554. The first-order chi connectivity index (χ1) is 13.0. The van der Waals surface area contributed by atoms with Crippen LogP contribution < -0.4 is 5.56 Å². The summed E-state index contributed by atoms with van der Waals surface area (Å²) in [5.74, 6) is 1.03. The van der Waals surface area contributed by atoms with Gasteiger partial charge in [-0.15, -0.1) is 0 Å². The number of H-pyrrole nitrogens is 1. The van der Waals surface area contributed by atoms with Gasteiger partial charge in [-0.1, -0.05) is 23.9 Å². The lowest BCUT2D eigenvalue weighted by Gasteiger charge is -2.32. The highest BCUT2D eigenvalue weighted by atomic mass is 32.2. The monoisotopic (exact) mass is 400 g/mol. The van der Waals surface area contributed by atoms with Gasteiger partial charge in [0, 0.05) is 12.7 Å². The number of thioether (sulfide) groups is 1. The van der Waals surface area contributed by atoms with Crippen molar-refractivity contribution in [2.24, 2.45) is 0 Å². The van der Waals surface area contributed by atoms with Gasteiger partial charge in [0.15, 0.2) is 5.12 Å². The molecule has 1 fully saturated rings. The quantitative estimate of drug-likeness (QED) is 0.791. The van der Waals surface area contributed by atoms with Gasteiger partial charge in [0.25, 0.3) is 5.56 Å². The molecule has 0 bridgehead atoms. The van der Waals surface area contributed by atoms with E-state index in [0.29, 0.717) is 22.5 Å². The molecule has 0 atom stereocenters. The molecule has 0 radical (unpaired) electrons. The van der Waals surface area contributed by atoms with Gasteiger partial charge in [-0.05, 0) is 57.8 Å². The molecule has 0 amide bonds. The molecule has 28 heavy (non-hydrogen) atoms. The van der Waals surface area contributed by atoms with Crippen LogP contribution in [0.4, 0.5) is 0 Å². The van der Waals surface area contributed by atoms with Crippen molar-refractivity contribution in [1.82, 2.24) is 9.97 Å². The SMILES string of the molecule is CC(=O)SCC(=Cc1ccc2nc(C)[nH]c(=O)c2c1)B1OC(C)(C)C(C)(C)O1. The molecule has 1 aromatic carbocycles. The first-order valence-electron chi connectivity index (χ1n) is 9.19. The zero-order chi connectivity index (χ0) is 20.7. The number of nitrogens with zero attached hydrogens (tertiary/aromatic N) is 1. The van der Waals surface area contributed by atoms with E-state index in [4.69, 9.17) is 9.31 Å². The predicted octanol–water partition coefficient (Wildman–Crippen LogP) is 3.53. The Kier molecular flexibility index (Phi) is 5.58. The Balaban J connectivity index is 2.01. The lowest BCUT2D eigenvalue weighted by atomic mass is 9.78. The van der Waals surface area contributed by atoms with Crippen LogP contribution in [-0.2, 0) is 14.1 Å². The zero-order valence-corrected chi connectivity index (χ0v) is 17.9. The van der Waals surface area contributed by atoms with E-state index < -0.39 is 18.3 Å². The van der Waals surface area contributed by atoms with E-state index in [1.165, 1.54) is 18.7 Å². The number of aromatic nitrogens is 2. The van der Waals surface area contributed by atoms with Gasteiger partial charge in [-0.25, -0.2) is 4.98 Å². The van der Waals surface area contributed by atoms with Crippen molar-refractivity contribution in [1.29, 1.82) is 0 Å². The Morgan fingerprint density at radius 2 is 1.89 bits per heavy atom. The minimum Gasteiger partial charge on any atom is -0.400 e. The number of carbonyl (C=O) groups excluding carboxylic acids is 1. The topological polar surface area (TPSA) is 81.3 Å². The van der Waals surface area contributed by atoms with Gasteiger partial charge in [0.05, 0.1) is 22.1 Å². The van der Waals surface area contributed by atoms with Crippen molar-refractivity contribution < 1.29 is 14.1 Å². The van der Waals surface area contributed by atoms with Crippen LogP contribution in [0.3, 0.4) is 0 Å². The second-order valence-corrected chi connectivity index (χ2v) is 9.17. The predicted molar refractivity (Wildman–Crippen MR) is 114 cm³/mol. The molecule has 0 aliphatic carbocycles. The van der Waals surface area contributed by atoms with E-state index in [2.05, 4.69) is 9.97 Å². The van der Waals surface area contributed by atoms with E-state index in [1.54, 1.807) is 13.0 Å². The third-order valence-electron chi connectivity index (χ3n) is 5.20. The van der Waals surface area contributed by atoms with Crippen molar-refractivity contribution in [3.05, 3.63) is 45.4 Å².